The van der Waals surface area contributed by atoms with E-state index in [1.54, 1.807) is 0 Å². The molecule has 25 heavy (non-hydrogen) atoms. The summed E-state index contributed by atoms with van der Waals surface area (Å²) in [5, 5.41) is 0. The third-order valence-electron chi connectivity index (χ3n) is 4.60. The van der Waals surface area contributed by atoms with Gasteiger partial charge in [0.25, 0.3) is 0 Å². The van der Waals surface area contributed by atoms with Crippen molar-refractivity contribution in [3.05, 3.63) is 29.8 Å². The van der Waals surface area contributed by atoms with Crippen LogP contribution in [0.15, 0.2) is 24.3 Å². The molecule has 0 amide bonds. The van der Waals surface area contributed by atoms with Gasteiger partial charge in [0.1, 0.15) is 5.75 Å². The topological polar surface area (TPSA) is 9.23 Å². The first kappa shape index (κ1) is 22.4. The van der Waals surface area contributed by atoms with Crippen molar-refractivity contribution in [2.45, 2.75) is 96.7 Å². The molecule has 1 nitrogen and oxygen atoms in total. The SMILES string of the molecule is CCCCCCCCCCCCSCc1ccc(OCCCC)cc1. The van der Waals surface area contributed by atoms with Crippen LogP contribution < -0.4 is 4.74 Å². The van der Waals surface area contributed by atoms with Crippen molar-refractivity contribution in [1.82, 2.24) is 0 Å². The Hall–Kier alpha value is -0.630. The highest BCUT2D eigenvalue weighted by atomic mass is 32.2. The van der Waals surface area contributed by atoms with Crippen LogP contribution in [0, 0.1) is 0 Å². The Balaban J connectivity index is 1.91. The molecule has 0 N–H and O–H groups in total. The molecule has 1 rings (SSSR count). The third kappa shape index (κ3) is 13.3. The highest BCUT2D eigenvalue weighted by Crippen LogP contribution is 2.19. The lowest BCUT2D eigenvalue weighted by molar-refractivity contribution is 0.309. The molecule has 0 radical (unpaired) electrons. The summed E-state index contributed by atoms with van der Waals surface area (Å²) >= 11 is 2.07. The molecule has 0 bridgehead atoms. The predicted molar refractivity (Wildman–Crippen MR) is 115 cm³/mol. The Morgan fingerprint density at radius 2 is 1.24 bits per heavy atom. The molecule has 0 aliphatic rings. The van der Waals surface area contributed by atoms with Crippen LogP contribution in [0.2, 0.25) is 0 Å². The fourth-order valence-corrected chi connectivity index (χ4v) is 3.88. The van der Waals surface area contributed by atoms with Crippen molar-refractivity contribution >= 4 is 11.8 Å². The lowest BCUT2D eigenvalue weighted by Gasteiger charge is -2.07. The van der Waals surface area contributed by atoms with Gasteiger partial charge in [0.05, 0.1) is 6.61 Å². The Labute approximate surface area is 161 Å². The van der Waals surface area contributed by atoms with Gasteiger partial charge in [-0.05, 0) is 36.3 Å². The summed E-state index contributed by atoms with van der Waals surface area (Å²) in [6.45, 7) is 5.32. The van der Waals surface area contributed by atoms with Crippen molar-refractivity contribution in [2.75, 3.05) is 12.4 Å². The minimum Gasteiger partial charge on any atom is -0.494 e. The van der Waals surface area contributed by atoms with Crippen LogP contribution in [0.3, 0.4) is 0 Å². The number of hydrogen-bond donors (Lipinski definition) is 0. The summed E-state index contributed by atoms with van der Waals surface area (Å²) in [4.78, 5) is 0. The summed E-state index contributed by atoms with van der Waals surface area (Å²) < 4.78 is 5.71. The highest BCUT2D eigenvalue weighted by Gasteiger charge is 1.97. The molecule has 2 heteroatoms. The second-order valence-electron chi connectivity index (χ2n) is 7.08. The minimum absolute atomic E-state index is 0.837. The van der Waals surface area contributed by atoms with E-state index in [0.29, 0.717) is 0 Å². The average molecular weight is 365 g/mol. The van der Waals surface area contributed by atoms with Crippen LogP contribution in [0.5, 0.6) is 5.75 Å². The van der Waals surface area contributed by atoms with Crippen molar-refractivity contribution in [1.29, 1.82) is 0 Å². The van der Waals surface area contributed by atoms with Crippen LogP contribution in [0.25, 0.3) is 0 Å². The van der Waals surface area contributed by atoms with Crippen LogP contribution >= 0.6 is 11.8 Å². The van der Waals surface area contributed by atoms with Crippen molar-refractivity contribution in [2.24, 2.45) is 0 Å². The maximum atomic E-state index is 5.71. The zero-order valence-electron chi connectivity index (χ0n) is 16.7. The van der Waals surface area contributed by atoms with Gasteiger partial charge in [0.2, 0.25) is 0 Å². The normalized spacial score (nSPS) is 11.0. The van der Waals surface area contributed by atoms with Gasteiger partial charge < -0.3 is 4.74 Å². The molecule has 0 spiro atoms. The second-order valence-corrected chi connectivity index (χ2v) is 8.19. The number of hydrogen-bond acceptors (Lipinski definition) is 2. The molecule has 0 atom stereocenters. The first-order valence-electron chi connectivity index (χ1n) is 10.7. The van der Waals surface area contributed by atoms with E-state index >= 15 is 0 Å². The highest BCUT2D eigenvalue weighted by molar-refractivity contribution is 7.98. The monoisotopic (exact) mass is 364 g/mol. The van der Waals surface area contributed by atoms with Crippen LogP contribution in [0.1, 0.15) is 96.5 Å². The molecule has 0 unspecified atom stereocenters. The lowest BCUT2D eigenvalue weighted by atomic mass is 10.1. The largest absolute Gasteiger partial charge is 0.494 e. The van der Waals surface area contributed by atoms with Crippen LogP contribution in [0.4, 0.5) is 0 Å². The molecular formula is C23H40OS. The quantitative estimate of drug-likeness (QED) is 0.259. The maximum absolute atomic E-state index is 5.71. The van der Waals surface area contributed by atoms with E-state index in [1.807, 2.05) is 0 Å². The Kier molecular flexibility index (Phi) is 15.1. The Morgan fingerprint density at radius 3 is 1.84 bits per heavy atom. The zero-order valence-corrected chi connectivity index (χ0v) is 17.5. The number of unbranched alkanes of at least 4 members (excludes halogenated alkanes) is 10. The standard InChI is InChI=1S/C23H40OS/c1-3-5-7-8-9-10-11-12-13-14-20-25-21-22-15-17-23(18-16-22)24-19-6-4-2/h15-18H,3-14,19-21H2,1-2H3. The molecule has 0 saturated heterocycles. The van der Waals surface area contributed by atoms with E-state index in [0.717, 1.165) is 24.5 Å². The number of rotatable bonds is 17. The molecule has 0 aromatic heterocycles. The van der Waals surface area contributed by atoms with E-state index in [2.05, 4.69) is 49.9 Å². The van der Waals surface area contributed by atoms with Gasteiger partial charge in [-0.3, -0.25) is 0 Å². The summed E-state index contributed by atoms with van der Waals surface area (Å²) in [5.41, 5.74) is 1.42. The number of ether oxygens (including phenoxy) is 1. The molecule has 1 aromatic carbocycles. The summed E-state index contributed by atoms with van der Waals surface area (Å²) in [6, 6.07) is 8.66. The van der Waals surface area contributed by atoms with Gasteiger partial charge in [-0.1, -0.05) is 90.2 Å². The fourth-order valence-electron chi connectivity index (χ4n) is 2.90. The van der Waals surface area contributed by atoms with Crippen molar-refractivity contribution in [3.63, 3.8) is 0 Å². The van der Waals surface area contributed by atoms with E-state index in [1.165, 1.54) is 81.9 Å². The molecule has 144 valence electrons. The number of thioether (sulfide) groups is 1. The van der Waals surface area contributed by atoms with E-state index < -0.39 is 0 Å². The van der Waals surface area contributed by atoms with Gasteiger partial charge >= 0.3 is 0 Å². The summed E-state index contributed by atoms with van der Waals surface area (Å²) in [6.07, 6.45) is 16.5. The lowest BCUT2D eigenvalue weighted by Crippen LogP contribution is -1.96. The van der Waals surface area contributed by atoms with Crippen molar-refractivity contribution in [3.8, 4) is 5.75 Å². The Morgan fingerprint density at radius 1 is 0.680 bits per heavy atom. The molecule has 0 aliphatic carbocycles. The minimum atomic E-state index is 0.837. The first-order valence-corrected chi connectivity index (χ1v) is 11.8. The van der Waals surface area contributed by atoms with E-state index in [9.17, 15) is 0 Å². The molecule has 0 saturated carbocycles. The maximum Gasteiger partial charge on any atom is 0.119 e. The summed E-state index contributed by atoms with van der Waals surface area (Å²) in [5.74, 6) is 3.44. The third-order valence-corrected chi connectivity index (χ3v) is 5.72. The van der Waals surface area contributed by atoms with E-state index in [4.69, 9.17) is 4.74 Å². The van der Waals surface area contributed by atoms with Crippen molar-refractivity contribution < 1.29 is 4.74 Å². The van der Waals surface area contributed by atoms with Gasteiger partial charge in [0.15, 0.2) is 0 Å². The van der Waals surface area contributed by atoms with Gasteiger partial charge in [-0.15, -0.1) is 0 Å². The van der Waals surface area contributed by atoms with Gasteiger partial charge in [-0.2, -0.15) is 11.8 Å². The molecule has 0 aliphatic heterocycles. The summed E-state index contributed by atoms with van der Waals surface area (Å²) in [7, 11) is 0. The molecular weight excluding hydrogens is 324 g/mol. The first-order chi connectivity index (χ1) is 12.4. The smallest absolute Gasteiger partial charge is 0.119 e. The average Bonchev–Trinajstić information content (AvgIpc) is 2.64. The Bertz CT molecular complexity index is 388. The van der Waals surface area contributed by atoms with Crippen LogP contribution in [-0.4, -0.2) is 12.4 Å². The van der Waals surface area contributed by atoms with Gasteiger partial charge in [-0.25, -0.2) is 0 Å². The molecule has 0 fully saturated rings. The number of benzene rings is 1. The van der Waals surface area contributed by atoms with E-state index in [-0.39, 0.29) is 0 Å². The van der Waals surface area contributed by atoms with Crippen LogP contribution in [-0.2, 0) is 5.75 Å². The van der Waals surface area contributed by atoms with Gasteiger partial charge in [0, 0.05) is 5.75 Å². The fraction of sp³-hybridized carbons (Fsp3) is 0.739. The molecule has 0 heterocycles. The zero-order chi connectivity index (χ0) is 18.0. The predicted octanol–water partition coefficient (Wildman–Crippen LogP) is 8.02. The molecule has 1 aromatic rings. The second kappa shape index (κ2) is 16.8.